The zero-order valence-corrected chi connectivity index (χ0v) is 18.4. The molecule has 2 atom stereocenters. The van der Waals surface area contributed by atoms with Crippen molar-refractivity contribution in [1.29, 1.82) is 0 Å². The Balaban J connectivity index is 0.000000775. The lowest BCUT2D eigenvalue weighted by atomic mass is 9.76. The minimum Gasteiger partial charge on any atom is -0.483 e. The van der Waals surface area contributed by atoms with E-state index in [9.17, 15) is 4.79 Å². The van der Waals surface area contributed by atoms with Gasteiger partial charge in [-0.2, -0.15) is 0 Å². The highest BCUT2D eigenvalue weighted by molar-refractivity contribution is 5.73. The first-order valence-corrected chi connectivity index (χ1v) is 11.1. The molecule has 168 valence electrons. The number of pyridine rings is 1. The molecule has 7 nitrogen and oxygen atoms in total. The summed E-state index contributed by atoms with van der Waals surface area (Å²) in [4.78, 5) is 29.8. The van der Waals surface area contributed by atoms with Gasteiger partial charge in [0.05, 0.1) is 5.69 Å². The number of carboxylic acid groups (broad SMARTS) is 1. The molecule has 0 bridgehead atoms. The van der Waals surface area contributed by atoms with Gasteiger partial charge in [-0.25, -0.2) is 4.98 Å². The Bertz CT molecular complexity index is 1030. The smallest absolute Gasteiger partial charge is 0.290 e. The summed E-state index contributed by atoms with van der Waals surface area (Å²) in [5.41, 5.74) is 3.71. The van der Waals surface area contributed by atoms with Gasteiger partial charge in [-0.3, -0.25) is 14.5 Å². The third kappa shape index (κ3) is 4.67. The van der Waals surface area contributed by atoms with E-state index >= 15 is 0 Å². The van der Waals surface area contributed by atoms with Crippen LogP contribution in [0.25, 0.3) is 5.65 Å². The molecule has 2 aromatic heterocycles. The molecule has 1 N–H and O–H groups in total. The van der Waals surface area contributed by atoms with Gasteiger partial charge in [0.25, 0.3) is 6.47 Å². The van der Waals surface area contributed by atoms with Crippen molar-refractivity contribution < 1.29 is 14.7 Å². The number of benzene rings is 1. The standard InChI is InChI=1S/C24H28N4O.CH2O2/c1-19(29)28-14-21-13-26(15-22-16-27-12-6-5-9-23(27)25-22)17-24(21,18-28)11-10-20-7-3-2-4-8-20;2-1-3/h2-9,12,16,21H,10-11,13-15,17-18H2,1H3;1H,(H,2,3). The number of nitrogens with zero attached hydrogens (tertiary/aromatic N) is 4. The first kappa shape index (κ1) is 22.0. The summed E-state index contributed by atoms with van der Waals surface area (Å²) in [6.07, 6.45) is 6.40. The average Bonchev–Trinajstić information content (AvgIpc) is 3.43. The number of carbonyl (C=O) groups is 2. The fraction of sp³-hybridized carbons (Fsp3) is 0.400. The van der Waals surface area contributed by atoms with Crippen LogP contribution < -0.4 is 0 Å². The first-order chi connectivity index (χ1) is 15.5. The van der Waals surface area contributed by atoms with E-state index < -0.39 is 0 Å². The van der Waals surface area contributed by atoms with Crippen molar-refractivity contribution in [2.75, 3.05) is 26.2 Å². The Labute approximate surface area is 188 Å². The van der Waals surface area contributed by atoms with Gasteiger partial charge in [0, 0.05) is 57.5 Å². The van der Waals surface area contributed by atoms with Crippen LogP contribution in [0.5, 0.6) is 0 Å². The minimum atomic E-state index is -0.250. The van der Waals surface area contributed by atoms with E-state index in [1.54, 1.807) is 6.92 Å². The zero-order valence-electron chi connectivity index (χ0n) is 18.4. The lowest BCUT2D eigenvalue weighted by molar-refractivity contribution is -0.128. The fourth-order valence-electron chi connectivity index (χ4n) is 5.34. The number of amides is 1. The number of rotatable bonds is 5. The molecule has 7 heteroatoms. The number of aryl methyl sites for hydroxylation is 1. The van der Waals surface area contributed by atoms with E-state index in [4.69, 9.17) is 14.9 Å². The second kappa shape index (κ2) is 9.53. The van der Waals surface area contributed by atoms with Gasteiger partial charge in [-0.05, 0) is 36.5 Å². The molecule has 0 aliphatic carbocycles. The van der Waals surface area contributed by atoms with Crippen molar-refractivity contribution in [3.63, 3.8) is 0 Å². The quantitative estimate of drug-likeness (QED) is 0.625. The van der Waals surface area contributed by atoms with E-state index in [1.165, 1.54) is 5.56 Å². The van der Waals surface area contributed by atoms with E-state index in [-0.39, 0.29) is 17.8 Å². The van der Waals surface area contributed by atoms with Crippen LogP contribution in [-0.4, -0.2) is 62.8 Å². The molecular weight excluding hydrogens is 404 g/mol. The maximum atomic E-state index is 12.1. The largest absolute Gasteiger partial charge is 0.483 e. The molecule has 4 heterocycles. The summed E-state index contributed by atoms with van der Waals surface area (Å²) in [6, 6.07) is 16.9. The Morgan fingerprint density at radius 3 is 2.62 bits per heavy atom. The SMILES string of the molecule is CC(=O)N1CC2CN(Cc3cn4ccccc4n3)CC2(CCc2ccccc2)C1.O=CO. The number of likely N-dealkylation sites (tertiary alicyclic amines) is 2. The maximum Gasteiger partial charge on any atom is 0.290 e. The van der Waals surface area contributed by atoms with Crippen molar-refractivity contribution in [2.45, 2.75) is 26.3 Å². The zero-order chi connectivity index (χ0) is 22.6. The van der Waals surface area contributed by atoms with Crippen molar-refractivity contribution in [2.24, 2.45) is 11.3 Å². The summed E-state index contributed by atoms with van der Waals surface area (Å²) in [5.74, 6) is 0.762. The second-order valence-electron chi connectivity index (χ2n) is 8.92. The summed E-state index contributed by atoms with van der Waals surface area (Å²) >= 11 is 0. The Morgan fingerprint density at radius 1 is 1.16 bits per heavy atom. The molecular formula is C25H30N4O3. The second-order valence-corrected chi connectivity index (χ2v) is 8.92. The Morgan fingerprint density at radius 2 is 1.91 bits per heavy atom. The number of hydrogen-bond acceptors (Lipinski definition) is 4. The first-order valence-electron chi connectivity index (χ1n) is 11.1. The number of fused-ring (bicyclic) bond motifs is 2. The number of imidazole rings is 1. The van der Waals surface area contributed by atoms with Crippen LogP contribution in [-0.2, 0) is 22.6 Å². The summed E-state index contributed by atoms with van der Waals surface area (Å²) in [7, 11) is 0. The van der Waals surface area contributed by atoms with Crippen LogP contribution in [0.4, 0.5) is 0 Å². The molecule has 1 aromatic carbocycles. The van der Waals surface area contributed by atoms with E-state index in [0.717, 1.165) is 56.9 Å². The molecule has 2 aliphatic heterocycles. The Kier molecular flexibility index (Phi) is 6.55. The molecule has 2 unspecified atom stereocenters. The summed E-state index contributed by atoms with van der Waals surface area (Å²) in [6.45, 7) is 6.22. The molecule has 2 aliphatic rings. The highest BCUT2D eigenvalue weighted by Crippen LogP contribution is 2.46. The molecule has 0 saturated carbocycles. The molecule has 1 amide bonds. The van der Waals surface area contributed by atoms with Gasteiger partial charge in [0.1, 0.15) is 5.65 Å². The van der Waals surface area contributed by atoms with Gasteiger partial charge in [0.15, 0.2) is 0 Å². The van der Waals surface area contributed by atoms with Gasteiger partial charge >= 0.3 is 0 Å². The molecule has 2 fully saturated rings. The van der Waals surface area contributed by atoms with E-state index in [0.29, 0.717) is 5.92 Å². The summed E-state index contributed by atoms with van der Waals surface area (Å²) < 4.78 is 2.09. The predicted octanol–water partition coefficient (Wildman–Crippen LogP) is 2.95. The molecule has 2 saturated heterocycles. The third-order valence-electron chi connectivity index (χ3n) is 6.83. The average molecular weight is 435 g/mol. The third-order valence-corrected chi connectivity index (χ3v) is 6.83. The lowest BCUT2D eigenvalue weighted by Gasteiger charge is -2.29. The maximum absolute atomic E-state index is 12.1. The van der Waals surface area contributed by atoms with Crippen molar-refractivity contribution in [3.8, 4) is 0 Å². The molecule has 0 radical (unpaired) electrons. The molecule has 32 heavy (non-hydrogen) atoms. The van der Waals surface area contributed by atoms with E-state index in [1.807, 2.05) is 18.2 Å². The van der Waals surface area contributed by atoms with Gasteiger partial charge in [-0.1, -0.05) is 36.4 Å². The monoisotopic (exact) mass is 434 g/mol. The minimum absolute atomic E-state index is 0.195. The van der Waals surface area contributed by atoms with Crippen LogP contribution in [0.15, 0.2) is 60.9 Å². The fourth-order valence-corrected chi connectivity index (χ4v) is 5.34. The van der Waals surface area contributed by atoms with E-state index in [2.05, 4.69) is 56.9 Å². The van der Waals surface area contributed by atoms with Crippen molar-refractivity contribution in [3.05, 3.63) is 72.2 Å². The summed E-state index contributed by atoms with van der Waals surface area (Å²) in [5, 5.41) is 6.89. The molecule has 3 aromatic rings. The van der Waals surface area contributed by atoms with Crippen molar-refractivity contribution >= 4 is 18.0 Å². The van der Waals surface area contributed by atoms with Crippen LogP contribution >= 0.6 is 0 Å². The van der Waals surface area contributed by atoms with Gasteiger partial charge in [0.2, 0.25) is 5.91 Å². The Hall–Kier alpha value is -3.19. The number of hydrogen-bond donors (Lipinski definition) is 1. The van der Waals surface area contributed by atoms with Crippen molar-refractivity contribution in [1.82, 2.24) is 19.2 Å². The highest BCUT2D eigenvalue weighted by atomic mass is 16.3. The predicted molar refractivity (Wildman–Crippen MR) is 122 cm³/mol. The highest BCUT2D eigenvalue weighted by Gasteiger charge is 2.52. The van der Waals surface area contributed by atoms with Crippen LogP contribution in [0, 0.1) is 11.3 Å². The van der Waals surface area contributed by atoms with Gasteiger partial charge < -0.3 is 14.4 Å². The van der Waals surface area contributed by atoms with Gasteiger partial charge in [-0.15, -0.1) is 0 Å². The van der Waals surface area contributed by atoms with Crippen LogP contribution in [0.2, 0.25) is 0 Å². The van der Waals surface area contributed by atoms with Crippen LogP contribution in [0.3, 0.4) is 0 Å². The lowest BCUT2D eigenvalue weighted by Crippen LogP contribution is -2.36. The topological polar surface area (TPSA) is 78.2 Å². The normalized spacial score (nSPS) is 22.4. The number of aromatic nitrogens is 2. The molecule has 5 rings (SSSR count). The van der Waals surface area contributed by atoms with Crippen LogP contribution in [0.1, 0.15) is 24.6 Å². The molecule has 0 spiro atoms. The number of carbonyl (C=O) groups excluding carboxylic acids is 1.